The summed E-state index contributed by atoms with van der Waals surface area (Å²) in [6, 6.07) is 13.5. The summed E-state index contributed by atoms with van der Waals surface area (Å²) < 4.78 is 18.8. The van der Waals surface area contributed by atoms with Gasteiger partial charge in [0.1, 0.15) is 17.6 Å². The molecule has 4 rings (SSSR count). The molecular formula is C23H20FN3O2S. The lowest BCUT2D eigenvalue weighted by Gasteiger charge is -2.24. The summed E-state index contributed by atoms with van der Waals surface area (Å²) in [6.45, 7) is 0.834. The molecule has 0 spiro atoms. The van der Waals surface area contributed by atoms with Gasteiger partial charge in [-0.1, -0.05) is 24.1 Å². The van der Waals surface area contributed by atoms with Gasteiger partial charge in [-0.3, -0.25) is 9.69 Å². The Morgan fingerprint density at radius 2 is 2.13 bits per heavy atom. The first kappa shape index (κ1) is 20.1. The third-order valence-corrected chi connectivity index (χ3v) is 5.76. The molecule has 0 bridgehead atoms. The van der Waals surface area contributed by atoms with Gasteiger partial charge < -0.3 is 4.42 Å². The van der Waals surface area contributed by atoms with Crippen molar-refractivity contribution >= 4 is 23.0 Å². The number of terminal acetylenes is 1. The number of halogens is 1. The smallest absolute Gasteiger partial charge is 0.257 e. The zero-order valence-electron chi connectivity index (χ0n) is 16.2. The fourth-order valence-electron chi connectivity index (χ4n) is 3.44. The van der Waals surface area contributed by atoms with E-state index in [1.165, 1.54) is 17.1 Å². The first-order valence-electron chi connectivity index (χ1n) is 9.51. The van der Waals surface area contributed by atoms with Crippen molar-refractivity contribution in [2.24, 2.45) is 5.10 Å². The van der Waals surface area contributed by atoms with Crippen molar-refractivity contribution in [3.8, 4) is 12.3 Å². The molecule has 0 saturated heterocycles. The number of rotatable bonds is 7. The fourth-order valence-corrected chi connectivity index (χ4v) is 4.16. The van der Waals surface area contributed by atoms with Crippen molar-refractivity contribution < 1.29 is 13.6 Å². The number of furan rings is 1. The van der Waals surface area contributed by atoms with Gasteiger partial charge in [0.15, 0.2) is 0 Å². The van der Waals surface area contributed by atoms with Gasteiger partial charge >= 0.3 is 0 Å². The monoisotopic (exact) mass is 421 g/mol. The number of hydrogen-bond donors (Lipinski definition) is 0. The number of hydrogen-bond acceptors (Lipinski definition) is 5. The van der Waals surface area contributed by atoms with Crippen LogP contribution >= 0.6 is 11.3 Å². The largest absolute Gasteiger partial charge is 0.467 e. The van der Waals surface area contributed by atoms with E-state index in [-0.39, 0.29) is 24.3 Å². The first-order valence-corrected chi connectivity index (χ1v) is 10.4. The Morgan fingerprint density at radius 1 is 1.30 bits per heavy atom. The number of amides is 1. The minimum Gasteiger partial charge on any atom is -0.467 e. The van der Waals surface area contributed by atoms with Gasteiger partial charge in [0.2, 0.25) is 0 Å². The van der Waals surface area contributed by atoms with E-state index >= 15 is 0 Å². The molecule has 5 nitrogen and oxygen atoms in total. The molecule has 0 aliphatic carbocycles. The maximum atomic E-state index is 13.2. The van der Waals surface area contributed by atoms with Gasteiger partial charge in [-0.2, -0.15) is 5.10 Å². The molecule has 0 fully saturated rings. The minimum absolute atomic E-state index is 0.0972. The average Bonchev–Trinajstić information content (AvgIpc) is 3.49. The molecule has 1 aliphatic heterocycles. The van der Waals surface area contributed by atoms with Crippen LogP contribution in [0.25, 0.3) is 0 Å². The molecule has 1 atom stereocenters. The predicted molar refractivity (Wildman–Crippen MR) is 114 cm³/mol. The normalized spacial score (nSPS) is 16.0. The zero-order chi connectivity index (χ0) is 20.9. The highest BCUT2D eigenvalue weighted by atomic mass is 32.1. The molecule has 0 saturated carbocycles. The van der Waals surface area contributed by atoms with E-state index in [1.54, 1.807) is 35.8 Å². The number of carbonyl (C=O) groups excluding carboxylic acids is 1. The Hall–Kier alpha value is -3.21. The Kier molecular flexibility index (Phi) is 6.07. The van der Waals surface area contributed by atoms with Gasteiger partial charge in [-0.15, -0.1) is 17.8 Å². The SMILES string of the molecule is C#CCN(CC(=O)N1N=C(c2cccs2)CC1c1ccco1)Cc1ccc(F)cc1. The van der Waals surface area contributed by atoms with Gasteiger partial charge in [-0.25, -0.2) is 9.40 Å². The third kappa shape index (κ3) is 4.51. The quantitative estimate of drug-likeness (QED) is 0.535. The summed E-state index contributed by atoms with van der Waals surface area (Å²) in [4.78, 5) is 16.1. The summed E-state index contributed by atoms with van der Waals surface area (Å²) in [6.07, 6.45) is 7.70. The lowest BCUT2D eigenvalue weighted by Crippen LogP contribution is -2.38. The molecule has 3 aromatic rings. The van der Waals surface area contributed by atoms with Crippen LogP contribution in [0.5, 0.6) is 0 Å². The van der Waals surface area contributed by atoms with Crippen LogP contribution in [0, 0.1) is 18.2 Å². The first-order chi connectivity index (χ1) is 14.6. The van der Waals surface area contributed by atoms with E-state index in [0.29, 0.717) is 25.3 Å². The van der Waals surface area contributed by atoms with Gasteiger partial charge in [0.25, 0.3) is 5.91 Å². The van der Waals surface area contributed by atoms with E-state index in [0.717, 1.165) is 16.2 Å². The molecule has 1 aliphatic rings. The second-order valence-electron chi connectivity index (χ2n) is 6.97. The second-order valence-corrected chi connectivity index (χ2v) is 7.92. The molecule has 30 heavy (non-hydrogen) atoms. The lowest BCUT2D eigenvalue weighted by molar-refractivity contribution is -0.134. The Balaban J connectivity index is 1.53. The zero-order valence-corrected chi connectivity index (χ0v) is 17.0. The van der Waals surface area contributed by atoms with Crippen LogP contribution < -0.4 is 0 Å². The van der Waals surface area contributed by atoms with Crippen molar-refractivity contribution in [1.29, 1.82) is 0 Å². The van der Waals surface area contributed by atoms with Gasteiger partial charge in [-0.05, 0) is 41.3 Å². The standard InChI is InChI=1S/C23H20FN3O2S/c1-2-11-26(15-17-7-9-18(24)10-8-17)16-23(28)27-20(21-5-3-12-29-21)14-19(25-27)22-6-4-13-30-22/h1,3-10,12-13,20H,11,14-16H2. The van der Waals surface area contributed by atoms with Crippen LogP contribution in [-0.4, -0.2) is 34.6 Å². The van der Waals surface area contributed by atoms with E-state index in [1.807, 2.05) is 28.5 Å². The molecule has 0 radical (unpaired) electrons. The van der Waals surface area contributed by atoms with Crippen LogP contribution in [0.15, 0.2) is 69.7 Å². The predicted octanol–water partition coefficient (Wildman–Crippen LogP) is 4.29. The van der Waals surface area contributed by atoms with E-state index in [4.69, 9.17) is 10.8 Å². The molecule has 1 unspecified atom stereocenters. The van der Waals surface area contributed by atoms with Gasteiger partial charge in [0, 0.05) is 13.0 Å². The number of hydrazone groups is 1. The van der Waals surface area contributed by atoms with Crippen molar-refractivity contribution in [1.82, 2.24) is 9.91 Å². The summed E-state index contributed by atoms with van der Waals surface area (Å²) >= 11 is 1.59. The number of thiophene rings is 1. The number of benzene rings is 1. The second kappa shape index (κ2) is 9.08. The highest BCUT2D eigenvalue weighted by Crippen LogP contribution is 2.34. The van der Waals surface area contributed by atoms with Crippen LogP contribution in [0.2, 0.25) is 0 Å². The Bertz CT molecular complexity index is 1050. The van der Waals surface area contributed by atoms with Gasteiger partial charge in [0.05, 0.1) is 29.9 Å². The minimum atomic E-state index is -0.299. The van der Waals surface area contributed by atoms with Crippen LogP contribution in [0.1, 0.15) is 28.7 Å². The third-order valence-electron chi connectivity index (χ3n) is 4.84. The maximum absolute atomic E-state index is 13.2. The molecule has 3 heterocycles. The highest BCUT2D eigenvalue weighted by molar-refractivity contribution is 7.12. The van der Waals surface area contributed by atoms with Crippen molar-refractivity contribution in [3.05, 3.63) is 82.2 Å². The van der Waals surface area contributed by atoms with Crippen molar-refractivity contribution in [2.45, 2.75) is 19.0 Å². The number of carbonyl (C=O) groups is 1. The highest BCUT2D eigenvalue weighted by Gasteiger charge is 2.35. The van der Waals surface area contributed by atoms with E-state index in [9.17, 15) is 9.18 Å². The molecule has 1 aromatic carbocycles. The van der Waals surface area contributed by atoms with E-state index < -0.39 is 0 Å². The summed E-state index contributed by atoms with van der Waals surface area (Å²) in [5.74, 6) is 2.82. The topological polar surface area (TPSA) is 49.1 Å². The average molecular weight is 421 g/mol. The lowest BCUT2D eigenvalue weighted by atomic mass is 10.1. The molecular weight excluding hydrogens is 401 g/mol. The molecule has 7 heteroatoms. The van der Waals surface area contributed by atoms with E-state index in [2.05, 4.69) is 11.0 Å². The van der Waals surface area contributed by atoms with Crippen LogP contribution in [0.4, 0.5) is 4.39 Å². The molecule has 2 aromatic heterocycles. The Morgan fingerprint density at radius 3 is 2.80 bits per heavy atom. The number of nitrogens with zero attached hydrogens (tertiary/aromatic N) is 3. The summed E-state index contributed by atoms with van der Waals surface area (Å²) in [5.41, 5.74) is 1.74. The Labute approximate surface area is 178 Å². The summed E-state index contributed by atoms with van der Waals surface area (Å²) in [7, 11) is 0. The van der Waals surface area contributed by atoms with Crippen LogP contribution in [-0.2, 0) is 11.3 Å². The molecule has 0 N–H and O–H groups in total. The molecule has 1 amide bonds. The fraction of sp³-hybridized carbons (Fsp3) is 0.217. The van der Waals surface area contributed by atoms with Crippen molar-refractivity contribution in [2.75, 3.05) is 13.1 Å². The maximum Gasteiger partial charge on any atom is 0.257 e. The van der Waals surface area contributed by atoms with Crippen molar-refractivity contribution in [3.63, 3.8) is 0 Å². The molecule has 152 valence electrons. The summed E-state index contributed by atoms with van der Waals surface area (Å²) in [5, 5.41) is 8.11. The van der Waals surface area contributed by atoms with Crippen LogP contribution in [0.3, 0.4) is 0 Å².